The molecule has 8 nitrogen and oxygen atoms in total. The molecule has 4 aromatic carbocycles. The van der Waals surface area contributed by atoms with E-state index in [0.717, 1.165) is 27.5 Å². The van der Waals surface area contributed by atoms with Crippen molar-refractivity contribution >= 4 is 30.8 Å². The highest BCUT2D eigenvalue weighted by Crippen LogP contribution is 2.30. The van der Waals surface area contributed by atoms with Gasteiger partial charge in [0.05, 0.1) is 34.3 Å². The first-order valence-corrected chi connectivity index (χ1v) is 18.7. The van der Waals surface area contributed by atoms with E-state index in [1.165, 1.54) is 8.61 Å². The monoisotopic (exact) mass is 668 g/mol. The van der Waals surface area contributed by atoms with Crippen molar-refractivity contribution in [1.82, 2.24) is 18.5 Å². The summed E-state index contributed by atoms with van der Waals surface area (Å²) in [6.45, 7) is 7.24. The molecule has 1 aromatic heterocycles. The normalized spacial score (nSPS) is 16.7. The first-order chi connectivity index (χ1) is 22.5. The molecule has 0 unspecified atom stereocenters. The van der Waals surface area contributed by atoms with E-state index in [0.29, 0.717) is 24.5 Å². The zero-order valence-corrected chi connectivity index (χ0v) is 28.6. The Morgan fingerprint density at radius 3 is 1.57 bits per heavy atom. The zero-order valence-electron chi connectivity index (χ0n) is 27.0. The number of pyridine rings is 1. The number of benzene rings is 4. The number of nitrogens with zero attached hydrogens (tertiary/aromatic N) is 4. The molecule has 0 saturated heterocycles. The summed E-state index contributed by atoms with van der Waals surface area (Å²) < 4.78 is 59.3. The number of aryl methyl sites for hydroxylation is 2. The van der Waals surface area contributed by atoms with Crippen LogP contribution in [-0.4, -0.2) is 61.5 Å². The predicted octanol–water partition coefficient (Wildman–Crippen LogP) is 6.31. The van der Waals surface area contributed by atoms with Crippen molar-refractivity contribution < 1.29 is 16.8 Å². The summed E-state index contributed by atoms with van der Waals surface area (Å²) in [5, 5.41) is 2.23. The number of aromatic nitrogens is 1. The Morgan fingerprint density at radius 2 is 1.04 bits per heavy atom. The number of rotatable bonds is 6. The first kappa shape index (κ1) is 33.0. The van der Waals surface area contributed by atoms with Crippen LogP contribution < -0.4 is 0 Å². The van der Waals surface area contributed by atoms with Crippen LogP contribution in [0.1, 0.15) is 41.0 Å². The van der Waals surface area contributed by atoms with E-state index >= 15 is 0 Å². The van der Waals surface area contributed by atoms with Gasteiger partial charge in [0.25, 0.3) is 0 Å². The fourth-order valence-corrected chi connectivity index (χ4v) is 8.95. The van der Waals surface area contributed by atoms with Gasteiger partial charge in [-0.05, 0) is 73.5 Å². The third-order valence-corrected chi connectivity index (χ3v) is 12.7. The van der Waals surface area contributed by atoms with Crippen LogP contribution in [0, 0.1) is 13.8 Å². The van der Waals surface area contributed by atoms with Gasteiger partial charge >= 0.3 is 0 Å². The molecule has 0 radical (unpaired) electrons. The topological polar surface area (TPSA) is 90.9 Å². The lowest BCUT2D eigenvalue weighted by molar-refractivity contribution is 0.180. The lowest BCUT2D eigenvalue weighted by Gasteiger charge is -2.34. The Morgan fingerprint density at radius 1 is 0.574 bits per heavy atom. The zero-order chi connectivity index (χ0) is 33.2. The van der Waals surface area contributed by atoms with E-state index in [4.69, 9.17) is 4.98 Å². The first-order valence-electron chi connectivity index (χ1n) is 15.8. The molecule has 1 atom stereocenters. The van der Waals surface area contributed by atoms with Crippen LogP contribution in [-0.2, 0) is 33.1 Å². The van der Waals surface area contributed by atoms with Crippen LogP contribution in [0.5, 0.6) is 0 Å². The number of fused-ring (bicyclic) bond motifs is 3. The second kappa shape index (κ2) is 13.7. The highest BCUT2D eigenvalue weighted by Gasteiger charge is 2.31. The molecule has 0 amide bonds. The maximum atomic E-state index is 14.1. The Balaban J connectivity index is 1.42. The minimum atomic E-state index is -3.86. The molecule has 2 heterocycles. The fourth-order valence-electron chi connectivity index (χ4n) is 6.14. The van der Waals surface area contributed by atoms with Crippen LogP contribution >= 0.6 is 0 Å². The highest BCUT2D eigenvalue weighted by molar-refractivity contribution is 7.89. The maximum absolute atomic E-state index is 14.1. The van der Waals surface area contributed by atoms with Gasteiger partial charge in [0.15, 0.2) is 0 Å². The largest absolute Gasteiger partial charge is 0.294 e. The summed E-state index contributed by atoms with van der Waals surface area (Å²) in [5.41, 5.74) is 4.17. The van der Waals surface area contributed by atoms with Gasteiger partial charge in [-0.2, -0.15) is 8.61 Å². The molecular weight excluding hydrogens is 629 g/mol. The van der Waals surface area contributed by atoms with Crippen LogP contribution in [0.15, 0.2) is 119 Å². The van der Waals surface area contributed by atoms with E-state index in [9.17, 15) is 16.8 Å². The molecule has 1 aliphatic rings. The molecule has 0 aliphatic carbocycles. The lowest BCUT2D eigenvalue weighted by Crippen LogP contribution is -2.44. The second-order valence-corrected chi connectivity index (χ2v) is 16.1. The smallest absolute Gasteiger partial charge is 0.243 e. The Hall–Kier alpha value is -3.93. The average molecular weight is 669 g/mol. The molecule has 2 bridgehead atoms. The van der Waals surface area contributed by atoms with Crippen LogP contribution in [0.4, 0.5) is 0 Å². The Labute approximate surface area is 278 Å². The van der Waals surface area contributed by atoms with Gasteiger partial charge in [0.1, 0.15) is 0 Å². The minimum Gasteiger partial charge on any atom is -0.294 e. The van der Waals surface area contributed by atoms with E-state index in [1.54, 1.807) is 60.7 Å². The van der Waals surface area contributed by atoms with Crippen LogP contribution in [0.2, 0.25) is 0 Å². The predicted molar refractivity (Wildman–Crippen MR) is 186 cm³/mol. The quantitative estimate of drug-likeness (QED) is 0.211. The molecule has 0 fully saturated rings. The van der Waals surface area contributed by atoms with E-state index in [-0.39, 0.29) is 42.0 Å². The third-order valence-electron chi connectivity index (χ3n) is 8.95. The van der Waals surface area contributed by atoms with Gasteiger partial charge < -0.3 is 0 Å². The Kier molecular flexibility index (Phi) is 9.59. The summed E-state index contributed by atoms with van der Waals surface area (Å²) in [4.78, 5) is 7.42. The molecule has 244 valence electrons. The summed E-state index contributed by atoms with van der Waals surface area (Å²) in [7, 11) is -7.72. The van der Waals surface area contributed by atoms with Crippen molar-refractivity contribution in [2.75, 3.05) is 26.2 Å². The molecule has 1 aliphatic heterocycles. The molecule has 47 heavy (non-hydrogen) atoms. The van der Waals surface area contributed by atoms with Gasteiger partial charge in [-0.3, -0.25) is 9.88 Å². The molecule has 0 saturated carbocycles. The summed E-state index contributed by atoms with van der Waals surface area (Å²) >= 11 is 0. The second-order valence-electron chi connectivity index (χ2n) is 12.2. The van der Waals surface area contributed by atoms with Crippen molar-refractivity contribution in [3.8, 4) is 0 Å². The highest BCUT2D eigenvalue weighted by atomic mass is 32.2. The molecular formula is C37H40N4O4S2. The number of hydrogen-bond donors (Lipinski definition) is 0. The summed E-state index contributed by atoms with van der Waals surface area (Å²) in [6.07, 6.45) is 0. The molecule has 10 heteroatoms. The summed E-state index contributed by atoms with van der Waals surface area (Å²) in [6, 6.07) is 33.5. The van der Waals surface area contributed by atoms with E-state index in [2.05, 4.69) is 36.1 Å². The van der Waals surface area contributed by atoms with Crippen molar-refractivity contribution in [2.45, 2.75) is 49.7 Å². The van der Waals surface area contributed by atoms with Crippen molar-refractivity contribution in [2.24, 2.45) is 0 Å². The van der Waals surface area contributed by atoms with Crippen molar-refractivity contribution in [3.05, 3.63) is 137 Å². The number of hydrogen-bond acceptors (Lipinski definition) is 6. The van der Waals surface area contributed by atoms with E-state index < -0.39 is 20.0 Å². The molecule has 6 rings (SSSR count). The summed E-state index contributed by atoms with van der Waals surface area (Å²) in [5.74, 6) is 0. The van der Waals surface area contributed by atoms with Crippen molar-refractivity contribution in [3.63, 3.8) is 0 Å². The molecule has 5 aromatic rings. The Bertz CT molecular complexity index is 1970. The molecule has 0 spiro atoms. The van der Waals surface area contributed by atoms with Gasteiger partial charge in [-0.15, -0.1) is 0 Å². The van der Waals surface area contributed by atoms with E-state index in [1.807, 2.05) is 38.1 Å². The van der Waals surface area contributed by atoms with Crippen LogP contribution in [0.3, 0.4) is 0 Å². The van der Waals surface area contributed by atoms with Gasteiger partial charge in [-0.1, -0.05) is 83.9 Å². The standard InChI is InChI=1S/C37H40N4O4S2/c1-28-14-18-34(19-15-28)46(42,43)40-24-22-39(30(3)36-13-6-9-31-8-4-5-12-37(31)36)23-25-41(27-33-11-7-10-32(26-40)38-33)47(44,45)35-20-16-29(2)17-21-35/h4-21,30H,22-27H2,1-3H3/t30-/m1/s1. The minimum absolute atomic E-state index is 0.0608. The SMILES string of the molecule is Cc1ccc(S(=O)(=O)N2CCN([C@H](C)c3cccc4ccccc34)CCN(S(=O)(=O)c3ccc(C)cc3)Cc3cccc(n3)C2)cc1. The van der Waals surface area contributed by atoms with Crippen molar-refractivity contribution in [1.29, 1.82) is 0 Å². The van der Waals surface area contributed by atoms with Gasteiger partial charge in [0.2, 0.25) is 20.0 Å². The van der Waals surface area contributed by atoms with Crippen LogP contribution in [0.25, 0.3) is 10.8 Å². The lowest BCUT2D eigenvalue weighted by atomic mass is 9.98. The third kappa shape index (κ3) is 7.17. The average Bonchev–Trinajstić information content (AvgIpc) is 3.06. The fraction of sp³-hybridized carbons (Fsp3) is 0.270. The maximum Gasteiger partial charge on any atom is 0.243 e. The number of sulfonamides is 2. The van der Waals surface area contributed by atoms with Gasteiger partial charge in [0, 0.05) is 32.2 Å². The van der Waals surface area contributed by atoms with Gasteiger partial charge in [-0.25, -0.2) is 16.8 Å². The molecule has 0 N–H and O–H groups in total.